The summed E-state index contributed by atoms with van der Waals surface area (Å²) in [7, 11) is -1.47. The smallest absolute Gasteiger partial charge is 0.404 e. The molecular weight excluding hydrogens is 399 g/mol. The summed E-state index contributed by atoms with van der Waals surface area (Å²) in [5.41, 5.74) is -0.0895. The predicted molar refractivity (Wildman–Crippen MR) is 86.6 cm³/mol. The molecule has 0 fully saturated rings. The molecule has 8 nitrogen and oxygen atoms in total. The van der Waals surface area contributed by atoms with Crippen LogP contribution in [-0.2, 0) is 10.2 Å². The standard InChI is InChI=1S/C13H11ClF3N5O3S/c1-20(2)26(23,24)22-10-6-8(14)11(25-13(15,16)17)7-9(10)19-12(22)21-5-3-4-18-21/h3-7H,1-2H3. The quantitative estimate of drug-likeness (QED) is 0.661. The summed E-state index contributed by atoms with van der Waals surface area (Å²) < 4.78 is 69.7. The van der Waals surface area contributed by atoms with Crippen molar-refractivity contribution in [1.82, 2.24) is 23.0 Å². The van der Waals surface area contributed by atoms with Gasteiger partial charge in [0.15, 0.2) is 0 Å². The van der Waals surface area contributed by atoms with E-state index in [0.717, 1.165) is 20.4 Å². The molecule has 0 aliphatic carbocycles. The van der Waals surface area contributed by atoms with E-state index >= 15 is 0 Å². The van der Waals surface area contributed by atoms with E-state index in [1.165, 1.54) is 37.2 Å². The molecule has 0 spiro atoms. The molecule has 1 aromatic carbocycles. The lowest BCUT2D eigenvalue weighted by molar-refractivity contribution is -0.274. The van der Waals surface area contributed by atoms with Crippen LogP contribution in [0.2, 0.25) is 5.02 Å². The van der Waals surface area contributed by atoms with Gasteiger partial charge in [-0.25, -0.2) is 9.67 Å². The average Bonchev–Trinajstić information content (AvgIpc) is 3.12. The van der Waals surface area contributed by atoms with Gasteiger partial charge in [-0.15, -0.1) is 13.2 Å². The number of alkyl halides is 3. The van der Waals surface area contributed by atoms with E-state index in [-0.39, 0.29) is 17.0 Å². The van der Waals surface area contributed by atoms with Crippen LogP contribution in [0.25, 0.3) is 17.0 Å². The maximum atomic E-state index is 12.7. The average molecular weight is 410 g/mol. The Hall–Kier alpha value is -2.31. The molecule has 2 aromatic heterocycles. The minimum absolute atomic E-state index is 0.0243. The number of hydrogen-bond acceptors (Lipinski definition) is 5. The highest BCUT2D eigenvalue weighted by atomic mass is 35.5. The van der Waals surface area contributed by atoms with Gasteiger partial charge in [0.25, 0.3) is 0 Å². The molecule has 0 atom stereocenters. The van der Waals surface area contributed by atoms with Crippen LogP contribution in [0.15, 0.2) is 30.6 Å². The van der Waals surface area contributed by atoms with Crippen LogP contribution >= 0.6 is 11.6 Å². The minimum atomic E-state index is -4.96. The first-order chi connectivity index (χ1) is 12.0. The van der Waals surface area contributed by atoms with Gasteiger partial charge in [-0.05, 0) is 12.1 Å². The third kappa shape index (κ3) is 3.22. The Labute approximate surface area is 150 Å². The molecule has 3 rings (SSSR count). The van der Waals surface area contributed by atoms with Gasteiger partial charge in [0.2, 0.25) is 5.95 Å². The van der Waals surface area contributed by atoms with Gasteiger partial charge in [0.1, 0.15) is 5.75 Å². The third-order valence-electron chi connectivity index (χ3n) is 3.28. The van der Waals surface area contributed by atoms with E-state index in [1.807, 2.05) is 0 Å². The molecule has 0 amide bonds. The molecule has 13 heteroatoms. The molecule has 26 heavy (non-hydrogen) atoms. The van der Waals surface area contributed by atoms with Gasteiger partial charge in [-0.3, -0.25) is 0 Å². The zero-order valence-electron chi connectivity index (χ0n) is 13.3. The van der Waals surface area contributed by atoms with Gasteiger partial charge in [-0.1, -0.05) is 11.6 Å². The summed E-state index contributed by atoms with van der Waals surface area (Å²) in [6.07, 6.45) is -2.12. The van der Waals surface area contributed by atoms with Crippen molar-refractivity contribution in [3.05, 3.63) is 35.6 Å². The van der Waals surface area contributed by atoms with Crippen LogP contribution in [0.1, 0.15) is 0 Å². The molecule has 0 bridgehead atoms. The molecular formula is C13H11ClF3N5O3S. The fraction of sp³-hybridized carbons (Fsp3) is 0.231. The molecule has 2 heterocycles. The van der Waals surface area contributed by atoms with E-state index in [2.05, 4.69) is 14.8 Å². The first kappa shape index (κ1) is 18.5. The fourth-order valence-electron chi connectivity index (χ4n) is 2.17. The summed E-state index contributed by atoms with van der Waals surface area (Å²) in [6.45, 7) is 0. The van der Waals surface area contributed by atoms with Crippen molar-refractivity contribution in [1.29, 1.82) is 0 Å². The van der Waals surface area contributed by atoms with Crippen molar-refractivity contribution in [3.8, 4) is 11.7 Å². The van der Waals surface area contributed by atoms with Crippen molar-refractivity contribution >= 4 is 32.8 Å². The van der Waals surface area contributed by atoms with Crippen LogP contribution in [0.3, 0.4) is 0 Å². The Balaban J connectivity index is 2.33. The number of hydrogen-bond donors (Lipinski definition) is 0. The molecule has 0 radical (unpaired) electrons. The Morgan fingerprint density at radius 1 is 1.27 bits per heavy atom. The topological polar surface area (TPSA) is 82.3 Å². The number of ether oxygens (including phenoxy) is 1. The van der Waals surface area contributed by atoms with E-state index in [9.17, 15) is 21.6 Å². The minimum Gasteiger partial charge on any atom is -0.404 e. The van der Waals surface area contributed by atoms with Gasteiger partial charge < -0.3 is 4.74 Å². The maximum absolute atomic E-state index is 12.7. The van der Waals surface area contributed by atoms with Crippen LogP contribution in [0.5, 0.6) is 5.75 Å². The van der Waals surface area contributed by atoms with Gasteiger partial charge in [-0.2, -0.15) is 21.8 Å². The summed E-state index contributed by atoms with van der Waals surface area (Å²) >= 11 is 5.85. The lowest BCUT2D eigenvalue weighted by Gasteiger charge is -2.15. The SMILES string of the molecule is CN(C)S(=O)(=O)n1c(-n2cccn2)nc2cc(OC(F)(F)F)c(Cl)cc21. The summed E-state index contributed by atoms with van der Waals surface area (Å²) in [5, 5.41) is 3.51. The van der Waals surface area contributed by atoms with Crippen molar-refractivity contribution in [2.45, 2.75) is 6.36 Å². The van der Waals surface area contributed by atoms with Crippen LogP contribution in [0, 0.1) is 0 Å². The van der Waals surface area contributed by atoms with Crippen LogP contribution in [0.4, 0.5) is 13.2 Å². The Morgan fingerprint density at radius 3 is 2.50 bits per heavy atom. The van der Waals surface area contributed by atoms with E-state index in [1.54, 1.807) is 0 Å². The van der Waals surface area contributed by atoms with Crippen LogP contribution in [-0.4, -0.2) is 51.9 Å². The number of halogens is 4. The number of nitrogens with zero attached hydrogens (tertiary/aromatic N) is 5. The highest BCUT2D eigenvalue weighted by molar-refractivity contribution is 7.87. The molecule has 140 valence electrons. The largest absolute Gasteiger partial charge is 0.573 e. The third-order valence-corrected chi connectivity index (χ3v) is 5.32. The fourth-order valence-corrected chi connectivity index (χ4v) is 3.42. The molecule has 3 aromatic rings. The zero-order chi connectivity index (χ0) is 19.3. The normalized spacial score (nSPS) is 12.9. The lowest BCUT2D eigenvalue weighted by Crippen LogP contribution is -2.30. The maximum Gasteiger partial charge on any atom is 0.573 e. The predicted octanol–water partition coefficient (Wildman–Crippen LogP) is 2.43. The highest BCUT2D eigenvalue weighted by Crippen LogP contribution is 2.35. The van der Waals surface area contributed by atoms with E-state index in [0.29, 0.717) is 0 Å². The molecule has 0 N–H and O–H groups in total. The molecule has 0 aliphatic heterocycles. The summed E-state index contributed by atoms with van der Waals surface area (Å²) in [4.78, 5) is 4.09. The van der Waals surface area contributed by atoms with Gasteiger partial charge >= 0.3 is 16.6 Å². The molecule has 0 aliphatic rings. The number of imidazole rings is 1. The second-order valence-corrected chi connectivity index (χ2v) is 7.63. The Bertz CT molecular complexity index is 1060. The van der Waals surface area contributed by atoms with Gasteiger partial charge in [0, 0.05) is 32.6 Å². The van der Waals surface area contributed by atoms with E-state index in [4.69, 9.17) is 11.6 Å². The molecule has 0 saturated carbocycles. The molecule has 0 saturated heterocycles. The summed E-state index contributed by atoms with van der Waals surface area (Å²) in [6, 6.07) is 3.50. The van der Waals surface area contributed by atoms with Crippen molar-refractivity contribution in [2.75, 3.05) is 14.1 Å². The number of fused-ring (bicyclic) bond motifs is 1. The first-order valence-corrected chi connectivity index (χ1v) is 8.69. The lowest BCUT2D eigenvalue weighted by atomic mass is 10.3. The van der Waals surface area contributed by atoms with Gasteiger partial charge in [0.05, 0.1) is 16.1 Å². The number of rotatable bonds is 4. The summed E-state index contributed by atoms with van der Waals surface area (Å²) in [5.74, 6) is -0.829. The zero-order valence-corrected chi connectivity index (χ0v) is 14.8. The number of aromatic nitrogens is 4. The van der Waals surface area contributed by atoms with Crippen molar-refractivity contribution in [3.63, 3.8) is 0 Å². The van der Waals surface area contributed by atoms with Crippen LogP contribution < -0.4 is 4.74 Å². The Morgan fingerprint density at radius 2 is 1.96 bits per heavy atom. The second-order valence-electron chi connectivity index (χ2n) is 5.24. The monoisotopic (exact) mass is 409 g/mol. The van der Waals surface area contributed by atoms with E-state index < -0.39 is 27.3 Å². The Kier molecular flexibility index (Phi) is 4.37. The highest BCUT2D eigenvalue weighted by Gasteiger charge is 2.33. The van der Waals surface area contributed by atoms with Crippen molar-refractivity contribution in [2.24, 2.45) is 0 Å². The van der Waals surface area contributed by atoms with Crippen molar-refractivity contribution < 1.29 is 26.3 Å². The second kappa shape index (κ2) is 6.14. The first-order valence-electron chi connectivity index (χ1n) is 6.91. The number of benzene rings is 1. The molecule has 0 unspecified atom stereocenters.